The number of sulfonamides is 1. The van der Waals surface area contributed by atoms with E-state index in [1.165, 1.54) is 25.3 Å². The molecule has 1 aromatic carbocycles. The van der Waals surface area contributed by atoms with E-state index in [-0.39, 0.29) is 10.2 Å². The highest BCUT2D eigenvalue weighted by Gasteiger charge is 2.21. The summed E-state index contributed by atoms with van der Waals surface area (Å²) in [6.07, 6.45) is 1.17. The molecule has 1 heterocycles. The number of aromatic nitrogens is 1. The Balaban J connectivity index is 2.44. The van der Waals surface area contributed by atoms with Crippen LogP contribution in [0.5, 0.6) is 0 Å². The molecule has 0 amide bonds. The first-order chi connectivity index (χ1) is 9.31. The molecule has 0 fully saturated rings. The molecule has 2 aromatic rings. The van der Waals surface area contributed by atoms with Crippen molar-refractivity contribution in [1.29, 1.82) is 0 Å². The van der Waals surface area contributed by atoms with E-state index in [1.54, 1.807) is 0 Å². The van der Waals surface area contributed by atoms with Crippen molar-refractivity contribution < 1.29 is 17.2 Å². The first-order valence-electron chi connectivity index (χ1n) is 5.40. The number of aryl methyl sites for hydroxylation is 1. The Morgan fingerprint density at radius 1 is 1.25 bits per heavy atom. The second kappa shape index (κ2) is 5.45. The van der Waals surface area contributed by atoms with Gasteiger partial charge in [0.25, 0.3) is 10.0 Å². The summed E-state index contributed by atoms with van der Waals surface area (Å²) in [6.45, 7) is 1.53. The maximum absolute atomic E-state index is 13.5. The lowest BCUT2D eigenvalue weighted by Crippen LogP contribution is -2.17. The molecule has 0 radical (unpaired) electrons. The van der Waals surface area contributed by atoms with Crippen LogP contribution in [0.15, 0.2) is 40.0 Å². The van der Waals surface area contributed by atoms with Gasteiger partial charge in [0.2, 0.25) is 5.03 Å². The number of nitrogens with one attached hydrogen (secondary N) is 1. The van der Waals surface area contributed by atoms with E-state index in [9.17, 15) is 17.2 Å². The van der Waals surface area contributed by atoms with E-state index < -0.39 is 26.7 Å². The van der Waals surface area contributed by atoms with Gasteiger partial charge >= 0.3 is 0 Å². The number of hydrogen-bond acceptors (Lipinski definition) is 3. The van der Waals surface area contributed by atoms with Crippen molar-refractivity contribution in [3.63, 3.8) is 0 Å². The Labute approximate surface area is 123 Å². The highest BCUT2D eigenvalue weighted by Crippen LogP contribution is 2.26. The highest BCUT2D eigenvalue weighted by atomic mass is 79.9. The predicted octanol–water partition coefficient (Wildman–Crippen LogP) is 3.23. The molecule has 0 saturated carbocycles. The third kappa shape index (κ3) is 2.96. The number of rotatable bonds is 3. The molecule has 2 rings (SSSR count). The van der Waals surface area contributed by atoms with Gasteiger partial charge < -0.3 is 0 Å². The van der Waals surface area contributed by atoms with Gasteiger partial charge in [-0.25, -0.2) is 13.8 Å². The van der Waals surface area contributed by atoms with E-state index in [0.29, 0.717) is 5.56 Å². The fourth-order valence-electron chi connectivity index (χ4n) is 1.52. The minimum Gasteiger partial charge on any atom is -0.278 e. The molecule has 106 valence electrons. The molecule has 4 nitrogen and oxygen atoms in total. The summed E-state index contributed by atoms with van der Waals surface area (Å²) in [4.78, 5) is 3.50. The predicted molar refractivity (Wildman–Crippen MR) is 73.8 cm³/mol. The summed E-state index contributed by atoms with van der Waals surface area (Å²) < 4.78 is 53.1. The largest absolute Gasteiger partial charge is 0.282 e. The molecule has 1 N–H and O–H groups in total. The monoisotopic (exact) mass is 362 g/mol. The van der Waals surface area contributed by atoms with Gasteiger partial charge in [0.1, 0.15) is 5.82 Å². The maximum Gasteiger partial charge on any atom is 0.282 e. The van der Waals surface area contributed by atoms with E-state index in [0.717, 1.165) is 12.1 Å². The number of nitrogens with zero attached hydrogens (tertiary/aromatic N) is 1. The van der Waals surface area contributed by atoms with E-state index >= 15 is 0 Å². The zero-order valence-electron chi connectivity index (χ0n) is 10.2. The van der Waals surface area contributed by atoms with Crippen molar-refractivity contribution in [2.45, 2.75) is 11.9 Å². The first kappa shape index (κ1) is 14.9. The summed E-state index contributed by atoms with van der Waals surface area (Å²) >= 11 is 2.96. The Morgan fingerprint density at radius 3 is 2.60 bits per heavy atom. The number of halogens is 3. The van der Waals surface area contributed by atoms with Gasteiger partial charge in [-0.15, -0.1) is 0 Å². The van der Waals surface area contributed by atoms with E-state index in [4.69, 9.17) is 0 Å². The minimum atomic E-state index is -4.18. The molecular weight excluding hydrogens is 354 g/mol. The molecule has 0 bridgehead atoms. The molecule has 8 heteroatoms. The zero-order chi connectivity index (χ0) is 14.9. The third-order valence-electron chi connectivity index (χ3n) is 2.49. The average Bonchev–Trinajstić information content (AvgIpc) is 2.36. The summed E-state index contributed by atoms with van der Waals surface area (Å²) in [5.74, 6) is -1.48. The van der Waals surface area contributed by atoms with Gasteiger partial charge in [-0.3, -0.25) is 4.72 Å². The molecule has 0 aliphatic heterocycles. The molecule has 0 saturated heterocycles. The molecule has 0 aliphatic rings. The fourth-order valence-corrected chi connectivity index (χ4v) is 2.99. The SMILES string of the molecule is Cc1cc(F)c(Br)cc1NS(=O)(=O)c1ncccc1F. The molecule has 0 spiro atoms. The van der Waals surface area contributed by atoms with Gasteiger partial charge in [0.05, 0.1) is 10.2 Å². The Bertz CT molecular complexity index is 766. The molecule has 1 aromatic heterocycles. The third-order valence-corrected chi connectivity index (χ3v) is 4.40. The van der Waals surface area contributed by atoms with Gasteiger partial charge in [-0.2, -0.15) is 8.42 Å². The second-order valence-corrected chi connectivity index (χ2v) is 6.43. The summed E-state index contributed by atoms with van der Waals surface area (Å²) in [5.41, 5.74) is 0.508. The van der Waals surface area contributed by atoms with Crippen LogP contribution in [0, 0.1) is 18.6 Å². The molecule has 0 unspecified atom stereocenters. The van der Waals surface area contributed by atoms with Gasteiger partial charge in [-0.1, -0.05) is 0 Å². The summed E-state index contributed by atoms with van der Waals surface area (Å²) in [7, 11) is -4.18. The number of hydrogen-bond donors (Lipinski definition) is 1. The number of anilines is 1. The summed E-state index contributed by atoms with van der Waals surface area (Å²) in [6, 6.07) is 4.71. The minimum absolute atomic E-state index is 0.0993. The Morgan fingerprint density at radius 2 is 1.95 bits per heavy atom. The topological polar surface area (TPSA) is 59.1 Å². The first-order valence-corrected chi connectivity index (χ1v) is 7.68. The lowest BCUT2D eigenvalue weighted by Gasteiger charge is -2.11. The molecule has 20 heavy (non-hydrogen) atoms. The van der Waals surface area contributed by atoms with Crippen molar-refractivity contribution in [2.75, 3.05) is 4.72 Å². The van der Waals surface area contributed by atoms with Crippen LogP contribution >= 0.6 is 15.9 Å². The maximum atomic E-state index is 13.5. The fraction of sp³-hybridized carbons (Fsp3) is 0.0833. The van der Waals surface area contributed by atoms with Crippen LogP contribution in [0.2, 0.25) is 0 Å². The molecule has 0 aliphatic carbocycles. The molecule has 0 atom stereocenters. The van der Waals surface area contributed by atoms with Crippen LogP contribution < -0.4 is 4.72 Å². The van der Waals surface area contributed by atoms with Crippen molar-refractivity contribution in [2.24, 2.45) is 0 Å². The van der Waals surface area contributed by atoms with Crippen molar-refractivity contribution in [1.82, 2.24) is 4.98 Å². The lowest BCUT2D eigenvalue weighted by atomic mass is 10.2. The number of benzene rings is 1. The quantitative estimate of drug-likeness (QED) is 0.911. The van der Waals surface area contributed by atoms with Crippen LogP contribution in [0.25, 0.3) is 0 Å². The van der Waals surface area contributed by atoms with Crippen molar-refractivity contribution in [3.05, 3.63) is 52.1 Å². The van der Waals surface area contributed by atoms with Gasteiger partial charge in [0, 0.05) is 6.20 Å². The van der Waals surface area contributed by atoms with E-state index in [2.05, 4.69) is 25.6 Å². The normalized spacial score (nSPS) is 11.4. The molecular formula is C12H9BrF2N2O2S. The van der Waals surface area contributed by atoms with Crippen LogP contribution in [-0.2, 0) is 10.0 Å². The van der Waals surface area contributed by atoms with Crippen LogP contribution in [-0.4, -0.2) is 13.4 Å². The Hall–Kier alpha value is -1.54. The second-order valence-electron chi connectivity index (χ2n) is 3.98. The lowest BCUT2D eigenvalue weighted by molar-refractivity contribution is 0.556. The highest BCUT2D eigenvalue weighted by molar-refractivity contribution is 9.10. The van der Waals surface area contributed by atoms with Crippen molar-refractivity contribution in [3.8, 4) is 0 Å². The van der Waals surface area contributed by atoms with Crippen LogP contribution in [0.3, 0.4) is 0 Å². The van der Waals surface area contributed by atoms with Gasteiger partial charge in [-0.05, 0) is 52.7 Å². The average molecular weight is 363 g/mol. The van der Waals surface area contributed by atoms with Crippen LogP contribution in [0.4, 0.5) is 14.5 Å². The van der Waals surface area contributed by atoms with Crippen LogP contribution in [0.1, 0.15) is 5.56 Å². The van der Waals surface area contributed by atoms with Gasteiger partial charge in [0.15, 0.2) is 5.82 Å². The smallest absolute Gasteiger partial charge is 0.278 e. The standard InChI is InChI=1S/C12H9BrF2N2O2S/c1-7-5-10(15)8(13)6-11(7)17-20(18,19)12-9(14)3-2-4-16-12/h2-6,17H,1H3. The summed E-state index contributed by atoms with van der Waals surface area (Å²) in [5, 5.41) is -0.708. The number of pyridine rings is 1. The van der Waals surface area contributed by atoms with E-state index in [1.807, 2.05) is 0 Å². The Kier molecular flexibility index (Phi) is 4.05. The zero-order valence-corrected chi connectivity index (χ0v) is 12.6. The van der Waals surface area contributed by atoms with Crippen molar-refractivity contribution >= 4 is 31.6 Å².